The molecule has 0 bridgehead atoms. The van der Waals surface area contributed by atoms with Crippen LogP contribution in [-0.4, -0.2) is 0 Å². The SMILES string of the molecule is c1ccc(-c2ccc(N(c3ccc(-c4ccccc4)cc3)c3cc(-c4cccc(-c5cccc6c5oc5ccccc56)c4)cc(N(c4ccc5ccccc5c4)c4ccc5ccccc5c4)c3)cc2)cc1. The minimum absolute atomic E-state index is 0.889. The molecule has 0 aliphatic rings. The van der Waals surface area contributed by atoms with Crippen LogP contribution in [0.4, 0.5) is 34.1 Å². The van der Waals surface area contributed by atoms with Crippen molar-refractivity contribution in [2.75, 3.05) is 9.80 Å². The molecular weight excluding hydrogens is 861 g/mol. The summed E-state index contributed by atoms with van der Waals surface area (Å²) in [5.41, 5.74) is 17.1. The molecule has 0 fully saturated rings. The van der Waals surface area contributed by atoms with Gasteiger partial charge in [0.15, 0.2) is 0 Å². The summed E-state index contributed by atoms with van der Waals surface area (Å²) < 4.78 is 6.60. The maximum absolute atomic E-state index is 6.60. The standard InChI is InChI=1S/C68H46N2O/c1-3-15-47(16-4-1)51-29-35-58(36-30-51)69(59-37-31-52(32-38-59)48-17-5-2-6-18-48)62-44-57(53-23-13-24-56(41-53)64-26-14-27-66-65-25-11-12-28-67(65)71-68(64)66)45-63(46-62)70(60-39-33-49-19-7-9-21-54(49)42-60)61-40-34-50-20-8-10-22-55(50)43-61/h1-46H. The van der Waals surface area contributed by atoms with Gasteiger partial charge in [0.05, 0.1) is 0 Å². The number of rotatable bonds is 10. The molecule has 3 heteroatoms. The number of anilines is 6. The van der Waals surface area contributed by atoms with E-state index in [-0.39, 0.29) is 0 Å². The van der Waals surface area contributed by atoms with Crippen molar-refractivity contribution >= 4 is 77.6 Å². The van der Waals surface area contributed by atoms with Crippen molar-refractivity contribution in [3.63, 3.8) is 0 Å². The average Bonchev–Trinajstić information content (AvgIpc) is 3.83. The van der Waals surface area contributed by atoms with E-state index < -0.39 is 0 Å². The molecule has 0 unspecified atom stereocenters. The molecule has 0 aliphatic carbocycles. The van der Waals surface area contributed by atoms with E-state index in [0.717, 1.165) is 78.3 Å². The maximum Gasteiger partial charge on any atom is 0.143 e. The molecule has 0 spiro atoms. The summed E-state index contributed by atoms with van der Waals surface area (Å²) in [7, 11) is 0. The van der Waals surface area contributed by atoms with Crippen LogP contribution in [-0.2, 0) is 0 Å². The van der Waals surface area contributed by atoms with Crippen molar-refractivity contribution in [1.82, 2.24) is 0 Å². The third-order valence-electron chi connectivity index (χ3n) is 13.8. The first-order valence-electron chi connectivity index (χ1n) is 24.2. The second-order valence-electron chi connectivity index (χ2n) is 18.2. The van der Waals surface area contributed by atoms with Crippen LogP contribution in [0.25, 0.3) is 88.0 Å². The molecule has 12 aromatic carbocycles. The van der Waals surface area contributed by atoms with Gasteiger partial charge in [-0.15, -0.1) is 0 Å². The second-order valence-corrected chi connectivity index (χ2v) is 18.2. The highest BCUT2D eigenvalue weighted by atomic mass is 16.3. The summed E-state index contributed by atoms with van der Waals surface area (Å²) in [6.45, 7) is 0. The number of fused-ring (bicyclic) bond motifs is 5. The largest absolute Gasteiger partial charge is 0.455 e. The number of nitrogens with zero attached hydrogens (tertiary/aromatic N) is 2. The molecule has 0 atom stereocenters. The van der Waals surface area contributed by atoms with Gasteiger partial charge in [0.1, 0.15) is 11.2 Å². The summed E-state index contributed by atoms with van der Waals surface area (Å²) >= 11 is 0. The molecule has 0 aliphatic heterocycles. The minimum Gasteiger partial charge on any atom is -0.455 e. The highest BCUT2D eigenvalue weighted by Gasteiger charge is 2.21. The maximum atomic E-state index is 6.60. The molecule has 0 saturated heterocycles. The van der Waals surface area contributed by atoms with E-state index in [2.05, 4.69) is 283 Å². The fraction of sp³-hybridized carbons (Fsp3) is 0. The zero-order chi connectivity index (χ0) is 47.1. The Labute approximate surface area is 413 Å². The molecule has 71 heavy (non-hydrogen) atoms. The Hall–Kier alpha value is -9.44. The van der Waals surface area contributed by atoms with Gasteiger partial charge in [0.2, 0.25) is 0 Å². The first kappa shape index (κ1) is 41.7. The Morgan fingerprint density at radius 3 is 1.25 bits per heavy atom. The van der Waals surface area contributed by atoms with Crippen molar-refractivity contribution in [3.8, 4) is 44.5 Å². The van der Waals surface area contributed by atoms with Crippen LogP contribution in [0.2, 0.25) is 0 Å². The van der Waals surface area contributed by atoms with Gasteiger partial charge < -0.3 is 14.2 Å². The summed E-state index contributed by atoms with van der Waals surface area (Å²) in [4.78, 5) is 4.81. The fourth-order valence-corrected chi connectivity index (χ4v) is 10.3. The summed E-state index contributed by atoms with van der Waals surface area (Å²) in [5.74, 6) is 0. The molecule has 3 nitrogen and oxygen atoms in total. The molecule has 13 rings (SSSR count). The van der Waals surface area contributed by atoms with Crippen LogP contribution in [0.1, 0.15) is 0 Å². The Morgan fingerprint density at radius 1 is 0.225 bits per heavy atom. The summed E-state index contributed by atoms with van der Waals surface area (Å²) in [6.07, 6.45) is 0. The zero-order valence-corrected chi connectivity index (χ0v) is 38.9. The molecule has 13 aromatic rings. The molecule has 0 amide bonds. The fourth-order valence-electron chi connectivity index (χ4n) is 10.3. The van der Waals surface area contributed by atoms with E-state index in [1.807, 2.05) is 6.07 Å². The summed E-state index contributed by atoms with van der Waals surface area (Å²) in [6, 6.07) is 101. The van der Waals surface area contributed by atoms with E-state index in [1.165, 1.54) is 43.8 Å². The molecule has 0 radical (unpaired) electrons. The lowest BCUT2D eigenvalue weighted by Gasteiger charge is -2.31. The van der Waals surface area contributed by atoms with E-state index in [9.17, 15) is 0 Å². The van der Waals surface area contributed by atoms with Crippen LogP contribution in [0.15, 0.2) is 283 Å². The Morgan fingerprint density at radius 2 is 0.662 bits per heavy atom. The van der Waals surface area contributed by atoms with E-state index in [1.54, 1.807) is 0 Å². The third kappa shape index (κ3) is 7.96. The van der Waals surface area contributed by atoms with Crippen LogP contribution in [0, 0.1) is 0 Å². The normalized spacial score (nSPS) is 11.4. The molecule has 334 valence electrons. The smallest absolute Gasteiger partial charge is 0.143 e. The van der Waals surface area contributed by atoms with Crippen molar-refractivity contribution in [1.29, 1.82) is 0 Å². The molecule has 0 N–H and O–H groups in total. The second kappa shape index (κ2) is 17.9. The lowest BCUT2D eigenvalue weighted by molar-refractivity contribution is 0.670. The van der Waals surface area contributed by atoms with E-state index in [4.69, 9.17) is 4.42 Å². The number of para-hydroxylation sites is 2. The average molecular weight is 907 g/mol. The van der Waals surface area contributed by atoms with Crippen LogP contribution in [0.3, 0.4) is 0 Å². The van der Waals surface area contributed by atoms with Gasteiger partial charge >= 0.3 is 0 Å². The van der Waals surface area contributed by atoms with Crippen molar-refractivity contribution in [2.24, 2.45) is 0 Å². The Balaban J connectivity index is 1.04. The van der Waals surface area contributed by atoms with Gasteiger partial charge in [-0.05, 0) is 139 Å². The first-order chi connectivity index (χ1) is 35.2. The Kier molecular flexibility index (Phi) is 10.5. The van der Waals surface area contributed by atoms with Gasteiger partial charge in [0.25, 0.3) is 0 Å². The topological polar surface area (TPSA) is 19.6 Å². The van der Waals surface area contributed by atoms with Crippen molar-refractivity contribution in [2.45, 2.75) is 0 Å². The number of hydrogen-bond acceptors (Lipinski definition) is 3. The number of benzene rings is 12. The predicted molar refractivity (Wildman–Crippen MR) is 300 cm³/mol. The third-order valence-corrected chi connectivity index (χ3v) is 13.8. The zero-order valence-electron chi connectivity index (χ0n) is 38.9. The lowest BCUT2D eigenvalue weighted by Crippen LogP contribution is -2.14. The Bertz CT molecular complexity index is 3880. The summed E-state index contributed by atoms with van der Waals surface area (Å²) in [5, 5.41) is 6.99. The number of hydrogen-bond donors (Lipinski definition) is 0. The molecule has 1 heterocycles. The van der Waals surface area contributed by atoms with Crippen LogP contribution >= 0.6 is 0 Å². The molecular formula is C68H46N2O. The predicted octanol–water partition coefficient (Wildman–Crippen LogP) is 19.5. The minimum atomic E-state index is 0.889. The molecule has 0 saturated carbocycles. The highest BCUT2D eigenvalue weighted by Crippen LogP contribution is 2.46. The van der Waals surface area contributed by atoms with Crippen LogP contribution in [0.5, 0.6) is 0 Å². The quantitative estimate of drug-likeness (QED) is 0.136. The van der Waals surface area contributed by atoms with E-state index >= 15 is 0 Å². The first-order valence-corrected chi connectivity index (χ1v) is 24.2. The highest BCUT2D eigenvalue weighted by molar-refractivity contribution is 6.09. The monoisotopic (exact) mass is 906 g/mol. The van der Waals surface area contributed by atoms with Gasteiger partial charge in [-0.2, -0.15) is 0 Å². The number of furan rings is 1. The van der Waals surface area contributed by atoms with Gasteiger partial charge in [-0.3, -0.25) is 0 Å². The lowest BCUT2D eigenvalue weighted by atomic mass is 9.96. The van der Waals surface area contributed by atoms with Crippen LogP contribution < -0.4 is 9.80 Å². The van der Waals surface area contributed by atoms with E-state index in [0.29, 0.717) is 0 Å². The van der Waals surface area contributed by atoms with Gasteiger partial charge in [-0.1, -0.05) is 200 Å². The van der Waals surface area contributed by atoms with Crippen molar-refractivity contribution in [3.05, 3.63) is 279 Å². The van der Waals surface area contributed by atoms with Gasteiger partial charge in [-0.25, -0.2) is 0 Å². The van der Waals surface area contributed by atoms with Gasteiger partial charge in [0, 0.05) is 50.5 Å². The molecule has 1 aromatic heterocycles. The van der Waals surface area contributed by atoms with Crippen molar-refractivity contribution < 1.29 is 4.42 Å².